The van der Waals surface area contributed by atoms with Crippen LogP contribution in [0.4, 0.5) is 4.39 Å². The van der Waals surface area contributed by atoms with Gasteiger partial charge in [-0.2, -0.15) is 8.42 Å². The Labute approximate surface area is 74.7 Å². The lowest BCUT2D eigenvalue weighted by Gasteiger charge is -1.98. The maximum atomic E-state index is 12.3. The highest BCUT2D eigenvalue weighted by atomic mass is 32.2. The summed E-state index contributed by atoms with van der Waals surface area (Å²) in [6.45, 7) is -0.279. The highest BCUT2D eigenvalue weighted by Gasteiger charge is 2.04. The second-order valence-electron chi connectivity index (χ2n) is 2.28. The van der Waals surface area contributed by atoms with Crippen molar-refractivity contribution in [2.75, 3.05) is 6.26 Å². The molecule has 0 aliphatic heterocycles. The predicted octanol–water partition coefficient (Wildman–Crippen LogP) is 0.0919. The van der Waals surface area contributed by atoms with Crippen LogP contribution >= 0.6 is 0 Å². The Morgan fingerprint density at radius 3 is 2.46 bits per heavy atom. The normalized spacial score (nSPS) is 11.5. The van der Waals surface area contributed by atoms with Gasteiger partial charge in [-0.05, 0) is 0 Å². The van der Waals surface area contributed by atoms with E-state index in [1.54, 1.807) is 0 Å². The highest BCUT2D eigenvalue weighted by Crippen LogP contribution is 1.97. The summed E-state index contributed by atoms with van der Waals surface area (Å²) in [5.41, 5.74) is 0. The molecule has 7 heteroatoms. The molecule has 13 heavy (non-hydrogen) atoms. The standard InChI is InChI=1S/C6H7FN2O3S/c1-13(10,11)12-4-6-8-2-5(7)3-9-6/h2-3H,4H2,1H3. The third-order valence-electron chi connectivity index (χ3n) is 1.08. The van der Waals surface area contributed by atoms with Crippen LogP contribution in [0.25, 0.3) is 0 Å². The molecule has 0 aliphatic rings. The van der Waals surface area contributed by atoms with Gasteiger partial charge in [-0.3, -0.25) is 4.18 Å². The summed E-state index contributed by atoms with van der Waals surface area (Å²) in [6, 6.07) is 0. The Morgan fingerprint density at radius 1 is 1.46 bits per heavy atom. The van der Waals surface area contributed by atoms with E-state index in [-0.39, 0.29) is 12.4 Å². The van der Waals surface area contributed by atoms with E-state index in [1.807, 2.05) is 0 Å². The summed E-state index contributed by atoms with van der Waals surface area (Å²) in [5, 5.41) is 0. The van der Waals surface area contributed by atoms with Crippen LogP contribution in [-0.2, 0) is 20.9 Å². The van der Waals surface area contributed by atoms with Gasteiger partial charge in [0.25, 0.3) is 10.1 Å². The third kappa shape index (κ3) is 3.90. The number of aromatic nitrogens is 2. The van der Waals surface area contributed by atoms with E-state index in [4.69, 9.17) is 0 Å². The van der Waals surface area contributed by atoms with Gasteiger partial charge in [0, 0.05) is 0 Å². The van der Waals surface area contributed by atoms with Gasteiger partial charge in [-0.25, -0.2) is 14.4 Å². The van der Waals surface area contributed by atoms with Crippen LogP contribution < -0.4 is 0 Å². The molecule has 5 nitrogen and oxygen atoms in total. The van der Waals surface area contributed by atoms with Gasteiger partial charge < -0.3 is 0 Å². The summed E-state index contributed by atoms with van der Waals surface area (Å²) in [6.07, 6.45) is 2.79. The Bertz CT molecular complexity index is 375. The van der Waals surface area contributed by atoms with Gasteiger partial charge >= 0.3 is 0 Å². The van der Waals surface area contributed by atoms with Crippen molar-refractivity contribution < 1.29 is 17.0 Å². The van der Waals surface area contributed by atoms with Crippen molar-refractivity contribution in [2.45, 2.75) is 6.61 Å². The third-order valence-corrected chi connectivity index (χ3v) is 1.62. The predicted molar refractivity (Wildman–Crippen MR) is 41.6 cm³/mol. The summed E-state index contributed by atoms with van der Waals surface area (Å²) < 4.78 is 37.7. The van der Waals surface area contributed by atoms with Crippen molar-refractivity contribution in [1.82, 2.24) is 9.97 Å². The van der Waals surface area contributed by atoms with Crippen molar-refractivity contribution in [1.29, 1.82) is 0 Å². The number of halogens is 1. The first kappa shape index (κ1) is 10.0. The molecule has 0 aromatic carbocycles. The lowest BCUT2D eigenvalue weighted by molar-refractivity contribution is 0.301. The molecular weight excluding hydrogens is 199 g/mol. The van der Waals surface area contributed by atoms with Crippen LogP contribution in [0, 0.1) is 5.82 Å². The SMILES string of the molecule is CS(=O)(=O)OCc1ncc(F)cn1. The van der Waals surface area contributed by atoms with Gasteiger partial charge in [-0.15, -0.1) is 0 Å². The zero-order valence-electron chi connectivity index (χ0n) is 6.77. The fourth-order valence-corrected chi connectivity index (χ4v) is 0.893. The monoisotopic (exact) mass is 206 g/mol. The Balaban J connectivity index is 2.61. The van der Waals surface area contributed by atoms with Gasteiger partial charge in [0.1, 0.15) is 6.61 Å². The van der Waals surface area contributed by atoms with Crippen molar-refractivity contribution in [3.63, 3.8) is 0 Å². The van der Waals surface area contributed by atoms with E-state index < -0.39 is 15.9 Å². The lowest BCUT2D eigenvalue weighted by atomic mass is 10.6. The van der Waals surface area contributed by atoms with Crippen LogP contribution in [0.1, 0.15) is 5.82 Å². The fourth-order valence-electron chi connectivity index (χ4n) is 0.573. The molecule has 0 aliphatic carbocycles. The highest BCUT2D eigenvalue weighted by molar-refractivity contribution is 7.85. The van der Waals surface area contributed by atoms with E-state index in [1.165, 1.54) is 0 Å². The number of rotatable bonds is 3. The van der Waals surface area contributed by atoms with Crippen LogP contribution in [0.5, 0.6) is 0 Å². The van der Waals surface area contributed by atoms with E-state index in [9.17, 15) is 12.8 Å². The molecular formula is C6H7FN2O3S. The van der Waals surface area contributed by atoms with Gasteiger partial charge in [0.2, 0.25) is 0 Å². The number of hydrogen-bond donors (Lipinski definition) is 0. The Kier molecular flexibility index (Phi) is 2.89. The quantitative estimate of drug-likeness (QED) is 0.655. The first-order valence-electron chi connectivity index (χ1n) is 3.28. The Hall–Kier alpha value is -1.08. The minimum atomic E-state index is -3.51. The molecule has 1 aromatic rings. The molecule has 0 saturated carbocycles. The van der Waals surface area contributed by atoms with Crippen molar-refractivity contribution >= 4 is 10.1 Å². The summed E-state index contributed by atoms with van der Waals surface area (Å²) in [7, 11) is -3.51. The van der Waals surface area contributed by atoms with Crippen LogP contribution in [0.2, 0.25) is 0 Å². The first-order valence-corrected chi connectivity index (χ1v) is 5.10. The second-order valence-corrected chi connectivity index (χ2v) is 3.93. The molecule has 0 spiro atoms. The zero-order valence-corrected chi connectivity index (χ0v) is 7.58. The van der Waals surface area contributed by atoms with Crippen molar-refractivity contribution in [3.05, 3.63) is 24.0 Å². The lowest BCUT2D eigenvalue weighted by Crippen LogP contribution is -2.05. The average molecular weight is 206 g/mol. The van der Waals surface area contributed by atoms with Crippen molar-refractivity contribution in [2.24, 2.45) is 0 Å². The molecule has 1 aromatic heterocycles. The smallest absolute Gasteiger partial charge is 0.262 e. The maximum Gasteiger partial charge on any atom is 0.264 e. The zero-order chi connectivity index (χ0) is 9.90. The number of hydrogen-bond acceptors (Lipinski definition) is 5. The Morgan fingerprint density at radius 2 is 2.00 bits per heavy atom. The molecule has 1 rings (SSSR count). The van der Waals surface area contributed by atoms with Crippen molar-refractivity contribution in [3.8, 4) is 0 Å². The molecule has 0 bridgehead atoms. The van der Waals surface area contributed by atoms with E-state index >= 15 is 0 Å². The van der Waals surface area contributed by atoms with Gasteiger partial charge in [0.05, 0.1) is 18.6 Å². The minimum absolute atomic E-state index is 0.117. The summed E-state index contributed by atoms with van der Waals surface area (Å²) >= 11 is 0. The fraction of sp³-hybridized carbons (Fsp3) is 0.333. The van der Waals surface area contributed by atoms with Crippen LogP contribution in [0.15, 0.2) is 12.4 Å². The molecule has 1 heterocycles. The minimum Gasteiger partial charge on any atom is -0.262 e. The molecule has 72 valence electrons. The largest absolute Gasteiger partial charge is 0.264 e. The van der Waals surface area contributed by atoms with Gasteiger partial charge in [0.15, 0.2) is 11.6 Å². The molecule has 0 saturated heterocycles. The molecule has 0 N–H and O–H groups in total. The van der Waals surface area contributed by atoms with Gasteiger partial charge in [-0.1, -0.05) is 0 Å². The number of nitrogens with zero attached hydrogens (tertiary/aromatic N) is 2. The molecule has 0 radical (unpaired) electrons. The molecule has 0 unspecified atom stereocenters. The maximum absolute atomic E-state index is 12.3. The van der Waals surface area contributed by atoms with E-state index in [2.05, 4.69) is 14.2 Å². The summed E-state index contributed by atoms with van der Waals surface area (Å²) in [4.78, 5) is 7.01. The average Bonchev–Trinajstić information content (AvgIpc) is 2.02. The second kappa shape index (κ2) is 3.75. The summed E-state index contributed by atoms with van der Waals surface area (Å²) in [5.74, 6) is -0.463. The molecule has 0 amide bonds. The molecule has 0 fully saturated rings. The molecule has 0 atom stereocenters. The topological polar surface area (TPSA) is 69.2 Å². The first-order chi connectivity index (χ1) is 5.97. The van der Waals surface area contributed by atoms with E-state index in [0.29, 0.717) is 0 Å². The van der Waals surface area contributed by atoms with E-state index in [0.717, 1.165) is 18.6 Å². The van der Waals surface area contributed by atoms with Crippen LogP contribution in [-0.4, -0.2) is 24.6 Å². The van der Waals surface area contributed by atoms with Crippen LogP contribution in [0.3, 0.4) is 0 Å².